The van der Waals surface area contributed by atoms with Crippen molar-refractivity contribution in [1.29, 1.82) is 10.7 Å². The van der Waals surface area contributed by atoms with Crippen molar-refractivity contribution in [2.75, 3.05) is 0 Å². The van der Waals surface area contributed by atoms with Crippen molar-refractivity contribution >= 4 is 11.9 Å². The third-order valence-corrected chi connectivity index (χ3v) is 3.32. The Hall–Kier alpha value is -3.14. The smallest absolute Gasteiger partial charge is 0.398 e. The molecule has 0 heterocycles. The minimum Gasteiger partial charge on any atom is -0.398 e. The van der Waals surface area contributed by atoms with E-state index in [0.717, 1.165) is 24.4 Å². The van der Waals surface area contributed by atoms with Crippen LogP contribution in [0.1, 0.15) is 16.7 Å². The van der Waals surface area contributed by atoms with Gasteiger partial charge in [-0.05, 0) is 41.5 Å². The van der Waals surface area contributed by atoms with Gasteiger partial charge in [0.15, 0.2) is 0 Å². The number of allylic oxidation sites excluding steroid dienone is 1. The molecular weight excluding hydrogens is 322 g/mol. The summed E-state index contributed by atoms with van der Waals surface area (Å²) < 4.78 is 51.9. The van der Waals surface area contributed by atoms with Gasteiger partial charge in [0, 0.05) is 17.5 Å². The minimum atomic E-state index is -4.46. The van der Waals surface area contributed by atoms with Gasteiger partial charge in [-0.3, -0.25) is 0 Å². The first-order chi connectivity index (χ1) is 11.3. The lowest BCUT2D eigenvalue weighted by molar-refractivity contribution is -0.137. The number of halogens is 4. The summed E-state index contributed by atoms with van der Waals surface area (Å²) in [4.78, 5) is 0. The van der Waals surface area contributed by atoms with E-state index in [1.165, 1.54) is 24.3 Å². The Morgan fingerprint density at radius 3 is 2.25 bits per heavy atom. The number of nitriles is 1. The maximum absolute atomic E-state index is 14.1. The first-order valence-corrected chi connectivity index (χ1v) is 6.65. The first-order valence-electron chi connectivity index (χ1n) is 6.65. The van der Waals surface area contributed by atoms with E-state index in [1.54, 1.807) is 6.07 Å². The number of nitrogens with one attached hydrogen (secondary N) is 1. The third kappa shape index (κ3) is 3.43. The lowest BCUT2D eigenvalue weighted by Gasteiger charge is -2.11. The van der Waals surface area contributed by atoms with Crippen molar-refractivity contribution in [1.82, 2.24) is 0 Å². The summed E-state index contributed by atoms with van der Waals surface area (Å²) in [5.41, 5.74) is 5.32. The molecule has 0 spiro atoms. The van der Waals surface area contributed by atoms with Gasteiger partial charge in [0.1, 0.15) is 11.9 Å². The molecule has 0 amide bonds. The van der Waals surface area contributed by atoms with Crippen LogP contribution >= 0.6 is 0 Å². The molecule has 0 aromatic heterocycles. The highest BCUT2D eigenvalue weighted by Crippen LogP contribution is 2.32. The molecule has 0 bridgehead atoms. The molecule has 0 unspecified atom stereocenters. The number of nitrogens with zero attached hydrogens (tertiary/aromatic N) is 1. The number of alkyl halides is 3. The molecule has 122 valence electrons. The molecule has 0 fully saturated rings. The molecule has 24 heavy (non-hydrogen) atoms. The Morgan fingerprint density at radius 2 is 1.75 bits per heavy atom. The van der Waals surface area contributed by atoms with Crippen LogP contribution in [-0.2, 0) is 6.18 Å². The van der Waals surface area contributed by atoms with Crippen molar-refractivity contribution in [3.63, 3.8) is 0 Å². The van der Waals surface area contributed by atoms with E-state index < -0.39 is 17.6 Å². The number of rotatable bonds is 3. The SMILES string of the molecule is N#Cc1c(F)cc(-c2ccc(C(F)(F)F)cc2)cc1/C(N)=C/C=N. The van der Waals surface area contributed by atoms with Crippen molar-refractivity contribution in [2.24, 2.45) is 5.73 Å². The van der Waals surface area contributed by atoms with Gasteiger partial charge in [-0.1, -0.05) is 12.1 Å². The Balaban J connectivity index is 2.58. The summed E-state index contributed by atoms with van der Waals surface area (Å²) in [6.07, 6.45) is -2.39. The number of hydrogen-bond acceptors (Lipinski definition) is 3. The lowest BCUT2D eigenvalue weighted by Crippen LogP contribution is -2.04. The zero-order chi connectivity index (χ0) is 17.9. The standard InChI is InChI=1S/C17H11F4N3/c18-15-8-11(7-13(14(15)9-23)16(24)5-6-22)10-1-3-12(4-2-10)17(19,20)21/h1-8,22H,24H2/b16-5-,22-6?. The second-order valence-corrected chi connectivity index (χ2v) is 4.86. The van der Waals surface area contributed by atoms with Crippen LogP contribution in [0.25, 0.3) is 16.8 Å². The van der Waals surface area contributed by atoms with Gasteiger partial charge in [0.25, 0.3) is 0 Å². The van der Waals surface area contributed by atoms with Crippen LogP contribution in [-0.4, -0.2) is 6.21 Å². The molecule has 0 atom stereocenters. The van der Waals surface area contributed by atoms with E-state index in [4.69, 9.17) is 16.4 Å². The summed E-state index contributed by atoms with van der Waals surface area (Å²) in [5.74, 6) is -0.841. The van der Waals surface area contributed by atoms with Gasteiger partial charge in [-0.2, -0.15) is 18.4 Å². The molecule has 0 aliphatic heterocycles. The predicted octanol–water partition coefficient (Wildman–Crippen LogP) is 4.33. The fourth-order valence-corrected chi connectivity index (χ4v) is 2.15. The van der Waals surface area contributed by atoms with Gasteiger partial charge in [0.05, 0.1) is 11.1 Å². The van der Waals surface area contributed by atoms with E-state index in [0.29, 0.717) is 5.56 Å². The second kappa shape index (κ2) is 6.54. The minimum absolute atomic E-state index is 0.00853. The average Bonchev–Trinajstić information content (AvgIpc) is 2.53. The van der Waals surface area contributed by atoms with Crippen LogP contribution in [0.4, 0.5) is 17.6 Å². The van der Waals surface area contributed by atoms with E-state index >= 15 is 0 Å². The predicted molar refractivity (Wildman–Crippen MR) is 82.5 cm³/mol. The van der Waals surface area contributed by atoms with E-state index in [-0.39, 0.29) is 22.4 Å². The van der Waals surface area contributed by atoms with E-state index in [2.05, 4.69) is 0 Å². The molecule has 0 saturated carbocycles. The Bertz CT molecular complexity index is 844. The molecule has 0 saturated heterocycles. The number of nitrogens with two attached hydrogens (primary N) is 1. The van der Waals surface area contributed by atoms with Crippen LogP contribution in [0, 0.1) is 22.6 Å². The largest absolute Gasteiger partial charge is 0.416 e. The number of hydrogen-bond donors (Lipinski definition) is 2. The fourth-order valence-electron chi connectivity index (χ4n) is 2.15. The monoisotopic (exact) mass is 333 g/mol. The maximum atomic E-state index is 14.1. The van der Waals surface area contributed by atoms with Crippen molar-refractivity contribution in [3.8, 4) is 17.2 Å². The van der Waals surface area contributed by atoms with Gasteiger partial charge in [-0.15, -0.1) is 0 Å². The molecule has 7 heteroatoms. The second-order valence-electron chi connectivity index (χ2n) is 4.86. The van der Waals surface area contributed by atoms with Crippen molar-refractivity contribution in [3.05, 3.63) is 65.0 Å². The normalized spacial score (nSPS) is 11.9. The van der Waals surface area contributed by atoms with Crippen molar-refractivity contribution < 1.29 is 17.6 Å². The zero-order valence-corrected chi connectivity index (χ0v) is 12.2. The maximum Gasteiger partial charge on any atom is 0.416 e. The Kier molecular flexibility index (Phi) is 4.69. The molecule has 2 aromatic rings. The van der Waals surface area contributed by atoms with Gasteiger partial charge in [-0.25, -0.2) is 4.39 Å². The highest BCUT2D eigenvalue weighted by atomic mass is 19.4. The van der Waals surface area contributed by atoms with Gasteiger partial charge >= 0.3 is 6.18 Å². The Labute approximate surface area is 135 Å². The van der Waals surface area contributed by atoms with Crippen LogP contribution in [0.5, 0.6) is 0 Å². The van der Waals surface area contributed by atoms with Gasteiger partial charge < -0.3 is 11.1 Å². The summed E-state index contributed by atoms with van der Waals surface area (Å²) in [6, 6.07) is 8.36. The van der Waals surface area contributed by atoms with Crippen LogP contribution in [0.15, 0.2) is 42.5 Å². The van der Waals surface area contributed by atoms with E-state index in [9.17, 15) is 17.6 Å². The highest BCUT2D eigenvalue weighted by molar-refractivity contribution is 5.84. The molecule has 3 nitrogen and oxygen atoms in total. The molecule has 0 radical (unpaired) electrons. The third-order valence-electron chi connectivity index (χ3n) is 3.32. The van der Waals surface area contributed by atoms with Crippen LogP contribution in [0.2, 0.25) is 0 Å². The molecule has 0 aliphatic carbocycles. The summed E-state index contributed by atoms with van der Waals surface area (Å²) >= 11 is 0. The number of benzene rings is 2. The van der Waals surface area contributed by atoms with Gasteiger partial charge in [0.2, 0.25) is 0 Å². The average molecular weight is 333 g/mol. The molecule has 2 rings (SSSR count). The summed E-state index contributed by atoms with van der Waals surface area (Å²) in [5, 5.41) is 16.0. The first kappa shape index (κ1) is 17.2. The lowest BCUT2D eigenvalue weighted by atomic mass is 9.96. The van der Waals surface area contributed by atoms with E-state index in [1.807, 2.05) is 0 Å². The quantitative estimate of drug-likeness (QED) is 0.648. The Morgan fingerprint density at radius 1 is 1.12 bits per heavy atom. The molecule has 0 aliphatic rings. The van der Waals surface area contributed by atoms with Crippen molar-refractivity contribution in [2.45, 2.75) is 6.18 Å². The molecular formula is C17H11F4N3. The zero-order valence-electron chi connectivity index (χ0n) is 12.2. The molecule has 2 aromatic carbocycles. The highest BCUT2D eigenvalue weighted by Gasteiger charge is 2.30. The van der Waals surface area contributed by atoms with Crippen LogP contribution in [0.3, 0.4) is 0 Å². The fraction of sp³-hybridized carbons (Fsp3) is 0.0588. The topological polar surface area (TPSA) is 73.7 Å². The summed E-state index contributed by atoms with van der Waals surface area (Å²) in [6.45, 7) is 0. The van der Waals surface area contributed by atoms with Crippen LogP contribution < -0.4 is 5.73 Å². The summed E-state index contributed by atoms with van der Waals surface area (Å²) in [7, 11) is 0. The molecule has 3 N–H and O–H groups in total.